The van der Waals surface area contributed by atoms with Gasteiger partial charge in [0.15, 0.2) is 22.5 Å². The highest BCUT2D eigenvalue weighted by Gasteiger charge is 2.15. The predicted molar refractivity (Wildman–Crippen MR) is 146 cm³/mol. The number of methoxy groups -OCH3 is 2. The van der Waals surface area contributed by atoms with Gasteiger partial charge in [-0.1, -0.05) is 41.6 Å². The average molecular weight is 542 g/mol. The third-order valence-corrected chi connectivity index (χ3v) is 6.37. The molecule has 2 N–H and O–H groups in total. The second-order valence-electron chi connectivity index (χ2n) is 7.76. The van der Waals surface area contributed by atoms with E-state index >= 15 is 0 Å². The van der Waals surface area contributed by atoms with Gasteiger partial charge in [0.2, 0.25) is 11.8 Å². The summed E-state index contributed by atoms with van der Waals surface area (Å²) in [4.78, 5) is 24.9. The molecule has 2 aromatic carbocycles. The van der Waals surface area contributed by atoms with Crippen LogP contribution in [-0.2, 0) is 22.7 Å². The number of benzene rings is 2. The molecule has 0 saturated heterocycles. The molecular formula is C26H28ClN5O4S. The number of hydrogen-bond acceptors (Lipinski definition) is 7. The van der Waals surface area contributed by atoms with E-state index in [-0.39, 0.29) is 24.1 Å². The monoisotopic (exact) mass is 541 g/mol. The Balaban J connectivity index is 1.58. The molecule has 37 heavy (non-hydrogen) atoms. The largest absolute Gasteiger partial charge is 0.493 e. The van der Waals surface area contributed by atoms with Crippen LogP contribution in [-0.4, -0.2) is 46.6 Å². The van der Waals surface area contributed by atoms with Crippen molar-refractivity contribution in [3.8, 4) is 11.5 Å². The van der Waals surface area contributed by atoms with E-state index < -0.39 is 0 Å². The molecule has 0 aliphatic heterocycles. The van der Waals surface area contributed by atoms with Crippen LogP contribution in [0.3, 0.4) is 0 Å². The maximum absolute atomic E-state index is 12.5. The van der Waals surface area contributed by atoms with Crippen LogP contribution < -0.4 is 20.1 Å². The van der Waals surface area contributed by atoms with Crippen LogP contribution in [0.1, 0.15) is 17.0 Å². The maximum atomic E-state index is 12.5. The number of allylic oxidation sites excluding steroid dienone is 1. The summed E-state index contributed by atoms with van der Waals surface area (Å²) in [6, 6.07) is 10.7. The molecule has 11 heteroatoms. The normalized spacial score (nSPS) is 10.8. The van der Waals surface area contributed by atoms with Crippen molar-refractivity contribution in [3.63, 3.8) is 0 Å². The van der Waals surface area contributed by atoms with Gasteiger partial charge in [-0.05, 0) is 48.4 Å². The van der Waals surface area contributed by atoms with Crippen molar-refractivity contribution in [1.29, 1.82) is 0 Å². The number of rotatable bonds is 12. The minimum Gasteiger partial charge on any atom is -0.493 e. The molecule has 0 atom stereocenters. The molecule has 0 aliphatic rings. The van der Waals surface area contributed by atoms with Gasteiger partial charge in [-0.2, -0.15) is 0 Å². The Morgan fingerprint density at radius 2 is 1.92 bits per heavy atom. The topological polar surface area (TPSA) is 107 Å². The van der Waals surface area contributed by atoms with E-state index in [0.717, 1.165) is 11.1 Å². The number of carbonyl (C=O) groups is 2. The van der Waals surface area contributed by atoms with E-state index in [1.165, 1.54) is 17.8 Å². The van der Waals surface area contributed by atoms with Crippen molar-refractivity contribution in [2.24, 2.45) is 0 Å². The lowest BCUT2D eigenvalue weighted by molar-refractivity contribution is -0.116. The number of thioether (sulfide) groups is 1. The molecule has 1 aromatic heterocycles. The second kappa shape index (κ2) is 13.5. The first-order valence-electron chi connectivity index (χ1n) is 11.2. The first-order valence-corrected chi connectivity index (χ1v) is 12.6. The molecule has 0 unspecified atom stereocenters. The van der Waals surface area contributed by atoms with Gasteiger partial charge in [0.25, 0.3) is 0 Å². The van der Waals surface area contributed by atoms with Gasteiger partial charge in [0.1, 0.15) is 0 Å². The summed E-state index contributed by atoms with van der Waals surface area (Å²) in [6.45, 7) is 6.25. The standard InChI is InChI=1S/C26H28ClN5O4S/c1-5-12-32-23(15-28-24(33)11-8-18-7-10-21(35-3)22(13-18)36-4)30-31-26(32)37-16-25(34)29-20-14-19(27)9-6-17(20)2/h5-11,13-14H,1,12,15-16H2,2-4H3,(H,28,33)(H,29,34)/b11-8+. The van der Waals surface area contributed by atoms with E-state index in [2.05, 4.69) is 27.4 Å². The molecule has 0 fully saturated rings. The van der Waals surface area contributed by atoms with Crippen LogP contribution in [0, 0.1) is 6.92 Å². The van der Waals surface area contributed by atoms with Crippen LogP contribution in [0.15, 0.2) is 60.3 Å². The van der Waals surface area contributed by atoms with Crippen LogP contribution >= 0.6 is 23.4 Å². The minimum absolute atomic E-state index is 0.127. The minimum atomic E-state index is -0.298. The molecule has 0 saturated carbocycles. The summed E-state index contributed by atoms with van der Waals surface area (Å²) >= 11 is 7.27. The first kappa shape index (κ1) is 27.8. The summed E-state index contributed by atoms with van der Waals surface area (Å²) in [5.74, 6) is 1.36. The Hall–Kier alpha value is -3.76. The average Bonchev–Trinajstić information content (AvgIpc) is 3.28. The van der Waals surface area contributed by atoms with Gasteiger partial charge in [-0.15, -0.1) is 16.8 Å². The SMILES string of the molecule is C=CCn1c(CNC(=O)/C=C/c2ccc(OC)c(OC)c2)nnc1SCC(=O)Nc1cc(Cl)ccc1C. The Bertz CT molecular complexity index is 1310. The van der Waals surface area contributed by atoms with E-state index in [4.69, 9.17) is 21.1 Å². The molecule has 1 heterocycles. The number of hydrogen-bond donors (Lipinski definition) is 2. The highest BCUT2D eigenvalue weighted by atomic mass is 35.5. The van der Waals surface area contributed by atoms with Gasteiger partial charge < -0.3 is 24.7 Å². The molecule has 9 nitrogen and oxygen atoms in total. The van der Waals surface area contributed by atoms with Crippen molar-refractivity contribution >= 4 is 46.9 Å². The zero-order chi connectivity index (χ0) is 26.8. The molecule has 2 amide bonds. The Morgan fingerprint density at radius 3 is 2.65 bits per heavy atom. The van der Waals surface area contributed by atoms with Gasteiger partial charge in [0.05, 0.1) is 26.5 Å². The van der Waals surface area contributed by atoms with Crippen molar-refractivity contribution in [2.75, 3.05) is 25.3 Å². The van der Waals surface area contributed by atoms with Gasteiger partial charge in [-0.25, -0.2) is 0 Å². The number of anilines is 1. The number of ether oxygens (including phenoxy) is 2. The number of aromatic nitrogens is 3. The lowest BCUT2D eigenvalue weighted by atomic mass is 10.2. The van der Waals surface area contributed by atoms with Crippen molar-refractivity contribution in [2.45, 2.75) is 25.2 Å². The predicted octanol–water partition coefficient (Wildman–Crippen LogP) is 4.50. The summed E-state index contributed by atoms with van der Waals surface area (Å²) in [6.07, 6.45) is 4.80. The number of carbonyl (C=O) groups excluding carboxylic acids is 2. The van der Waals surface area contributed by atoms with Crippen LogP contribution in [0.5, 0.6) is 11.5 Å². The molecule has 0 aliphatic carbocycles. The molecule has 194 valence electrons. The number of nitrogens with one attached hydrogen (secondary N) is 2. The molecule has 0 bridgehead atoms. The number of halogens is 1. The molecule has 0 spiro atoms. The number of amides is 2. The highest BCUT2D eigenvalue weighted by molar-refractivity contribution is 7.99. The highest BCUT2D eigenvalue weighted by Crippen LogP contribution is 2.28. The number of nitrogens with zero attached hydrogens (tertiary/aromatic N) is 3. The van der Waals surface area contributed by atoms with E-state index in [1.807, 2.05) is 19.1 Å². The van der Waals surface area contributed by atoms with Crippen molar-refractivity contribution in [1.82, 2.24) is 20.1 Å². The fourth-order valence-electron chi connectivity index (χ4n) is 3.27. The third-order valence-electron chi connectivity index (χ3n) is 5.17. The van der Waals surface area contributed by atoms with Crippen molar-refractivity contribution in [3.05, 3.63) is 77.1 Å². The van der Waals surface area contributed by atoms with E-state index in [9.17, 15) is 9.59 Å². The maximum Gasteiger partial charge on any atom is 0.244 e. The quantitative estimate of drug-likeness (QED) is 0.197. The second-order valence-corrected chi connectivity index (χ2v) is 9.14. The van der Waals surface area contributed by atoms with Gasteiger partial charge in [-0.3, -0.25) is 9.59 Å². The van der Waals surface area contributed by atoms with Gasteiger partial charge in [0, 0.05) is 23.3 Å². The molecular weight excluding hydrogens is 514 g/mol. The smallest absolute Gasteiger partial charge is 0.244 e. The van der Waals surface area contributed by atoms with E-state index in [0.29, 0.717) is 39.7 Å². The fraction of sp³-hybridized carbons (Fsp3) is 0.231. The van der Waals surface area contributed by atoms with Crippen molar-refractivity contribution < 1.29 is 19.1 Å². The fourth-order valence-corrected chi connectivity index (χ4v) is 4.21. The third kappa shape index (κ3) is 7.86. The molecule has 3 aromatic rings. The zero-order valence-electron chi connectivity index (χ0n) is 20.8. The Labute approximate surface area is 224 Å². The lowest BCUT2D eigenvalue weighted by Gasteiger charge is -2.10. The lowest BCUT2D eigenvalue weighted by Crippen LogP contribution is -2.23. The summed E-state index contributed by atoms with van der Waals surface area (Å²) in [5, 5.41) is 15.1. The summed E-state index contributed by atoms with van der Waals surface area (Å²) in [5.41, 5.74) is 2.36. The molecule has 0 radical (unpaired) electrons. The first-order chi connectivity index (χ1) is 17.8. The summed E-state index contributed by atoms with van der Waals surface area (Å²) < 4.78 is 12.3. The number of aryl methyl sites for hydroxylation is 1. The summed E-state index contributed by atoms with van der Waals surface area (Å²) in [7, 11) is 3.11. The molecule has 3 rings (SSSR count). The van der Waals surface area contributed by atoms with Crippen LogP contribution in [0.2, 0.25) is 5.02 Å². The van der Waals surface area contributed by atoms with Crippen LogP contribution in [0.25, 0.3) is 6.08 Å². The zero-order valence-corrected chi connectivity index (χ0v) is 22.4. The van der Waals surface area contributed by atoms with E-state index in [1.54, 1.807) is 55.2 Å². The van der Waals surface area contributed by atoms with Crippen LogP contribution in [0.4, 0.5) is 5.69 Å². The van der Waals surface area contributed by atoms with Gasteiger partial charge >= 0.3 is 0 Å². The Morgan fingerprint density at radius 1 is 1.14 bits per heavy atom. The Kier molecular flexibility index (Phi) is 10.2.